The van der Waals surface area contributed by atoms with Gasteiger partial charge in [-0.05, 0) is 36.5 Å². The first-order valence-corrected chi connectivity index (χ1v) is 7.02. The molecular formula is C17H22N2O. The first-order chi connectivity index (χ1) is 9.43. The normalized spacial score (nSPS) is 16.7. The second kappa shape index (κ2) is 5.68. The molecule has 1 fully saturated rings. The molecule has 106 valence electrons. The zero-order valence-electron chi connectivity index (χ0n) is 12.5. The second-order valence-electron chi connectivity index (χ2n) is 6.18. The summed E-state index contributed by atoms with van der Waals surface area (Å²) in [6.07, 6.45) is 1.06. The van der Waals surface area contributed by atoms with E-state index in [2.05, 4.69) is 25.7 Å². The summed E-state index contributed by atoms with van der Waals surface area (Å²) in [4.78, 5) is 14.6. The maximum absolute atomic E-state index is 12.6. The molecule has 2 N–H and O–H groups in total. The van der Waals surface area contributed by atoms with E-state index in [-0.39, 0.29) is 11.3 Å². The van der Waals surface area contributed by atoms with E-state index in [0.717, 1.165) is 36.2 Å². The lowest BCUT2D eigenvalue weighted by molar-refractivity contribution is 0.0777. The van der Waals surface area contributed by atoms with Crippen LogP contribution < -0.4 is 5.73 Å². The smallest absolute Gasteiger partial charge is 0.254 e. The van der Waals surface area contributed by atoms with Crippen LogP contribution in [0, 0.1) is 24.2 Å². The third kappa shape index (κ3) is 3.20. The topological polar surface area (TPSA) is 46.3 Å². The highest BCUT2D eigenvalue weighted by atomic mass is 16.2. The lowest BCUT2D eigenvalue weighted by Crippen LogP contribution is -2.30. The number of aryl methyl sites for hydroxylation is 1. The first-order valence-electron chi connectivity index (χ1n) is 7.02. The molecule has 20 heavy (non-hydrogen) atoms. The first kappa shape index (κ1) is 14.6. The lowest BCUT2D eigenvalue weighted by atomic mass is 9.93. The molecule has 0 spiro atoms. The van der Waals surface area contributed by atoms with E-state index in [4.69, 9.17) is 5.73 Å². The van der Waals surface area contributed by atoms with Crippen LogP contribution in [0.4, 0.5) is 0 Å². The summed E-state index contributed by atoms with van der Waals surface area (Å²) in [6.45, 7) is 8.37. The van der Waals surface area contributed by atoms with E-state index < -0.39 is 0 Å². The highest BCUT2D eigenvalue weighted by molar-refractivity contribution is 5.96. The summed E-state index contributed by atoms with van der Waals surface area (Å²) < 4.78 is 0. The number of nitrogens with zero attached hydrogens (tertiary/aromatic N) is 1. The van der Waals surface area contributed by atoms with Gasteiger partial charge in [-0.3, -0.25) is 4.79 Å². The average Bonchev–Trinajstić information content (AvgIpc) is 2.77. The Morgan fingerprint density at radius 3 is 2.80 bits per heavy atom. The summed E-state index contributed by atoms with van der Waals surface area (Å²) in [7, 11) is 0. The zero-order chi connectivity index (χ0) is 14.8. The Morgan fingerprint density at radius 1 is 1.45 bits per heavy atom. The molecule has 0 aliphatic carbocycles. The van der Waals surface area contributed by atoms with Crippen molar-refractivity contribution in [2.75, 3.05) is 19.6 Å². The van der Waals surface area contributed by atoms with Crippen LogP contribution in [0.25, 0.3) is 0 Å². The number of carbonyl (C=O) groups excluding carboxylic acids is 1. The van der Waals surface area contributed by atoms with Crippen LogP contribution in [0.15, 0.2) is 18.2 Å². The number of amides is 1. The van der Waals surface area contributed by atoms with Gasteiger partial charge in [0.05, 0.1) is 6.54 Å². The molecule has 1 aromatic rings. The van der Waals surface area contributed by atoms with E-state index in [9.17, 15) is 4.79 Å². The maximum atomic E-state index is 12.6. The number of benzene rings is 1. The molecule has 1 amide bonds. The predicted octanol–water partition coefficient (Wildman–Crippen LogP) is 2.18. The Balaban J connectivity index is 2.25. The number of likely N-dealkylation sites (tertiary alicyclic amines) is 1. The highest BCUT2D eigenvalue weighted by Crippen LogP contribution is 2.30. The number of hydrogen-bond acceptors (Lipinski definition) is 2. The third-order valence-corrected chi connectivity index (χ3v) is 3.77. The quantitative estimate of drug-likeness (QED) is 0.795. The molecule has 1 saturated heterocycles. The van der Waals surface area contributed by atoms with Crippen molar-refractivity contribution in [2.45, 2.75) is 27.2 Å². The number of nitrogens with two attached hydrogens (primary N) is 1. The minimum absolute atomic E-state index is 0.115. The number of rotatable bonds is 1. The van der Waals surface area contributed by atoms with Gasteiger partial charge in [-0.25, -0.2) is 0 Å². The molecule has 0 aromatic heterocycles. The third-order valence-electron chi connectivity index (χ3n) is 3.77. The molecular weight excluding hydrogens is 248 g/mol. The molecule has 1 aliphatic heterocycles. The fourth-order valence-electron chi connectivity index (χ4n) is 2.54. The van der Waals surface area contributed by atoms with Crippen molar-refractivity contribution in [1.29, 1.82) is 0 Å². The van der Waals surface area contributed by atoms with Crippen LogP contribution in [0.3, 0.4) is 0 Å². The van der Waals surface area contributed by atoms with E-state index in [1.165, 1.54) is 0 Å². The van der Waals surface area contributed by atoms with Crippen molar-refractivity contribution < 1.29 is 4.79 Å². The van der Waals surface area contributed by atoms with Gasteiger partial charge in [0.1, 0.15) is 0 Å². The fourth-order valence-corrected chi connectivity index (χ4v) is 2.54. The van der Waals surface area contributed by atoms with Crippen molar-refractivity contribution in [1.82, 2.24) is 4.90 Å². The van der Waals surface area contributed by atoms with E-state index in [1.54, 1.807) is 0 Å². The van der Waals surface area contributed by atoms with Crippen molar-refractivity contribution in [3.8, 4) is 11.8 Å². The lowest BCUT2D eigenvalue weighted by Gasteiger charge is -2.20. The Bertz CT molecular complexity index is 578. The minimum Gasteiger partial charge on any atom is -0.338 e. The molecule has 0 radical (unpaired) electrons. The van der Waals surface area contributed by atoms with E-state index in [1.807, 2.05) is 30.0 Å². The molecule has 3 heteroatoms. The van der Waals surface area contributed by atoms with E-state index in [0.29, 0.717) is 6.54 Å². The number of carbonyl (C=O) groups is 1. The zero-order valence-corrected chi connectivity index (χ0v) is 12.5. The summed E-state index contributed by atoms with van der Waals surface area (Å²) in [5, 5.41) is 0. The molecule has 0 saturated carbocycles. The Labute approximate surface area is 121 Å². The summed E-state index contributed by atoms with van der Waals surface area (Å²) in [5.41, 5.74) is 8.21. The van der Waals surface area contributed by atoms with Crippen LogP contribution in [0.1, 0.15) is 41.8 Å². The van der Waals surface area contributed by atoms with Crippen molar-refractivity contribution >= 4 is 5.91 Å². The van der Waals surface area contributed by atoms with Crippen LogP contribution in [0.5, 0.6) is 0 Å². The Kier molecular flexibility index (Phi) is 4.15. The average molecular weight is 270 g/mol. The van der Waals surface area contributed by atoms with Crippen molar-refractivity contribution in [2.24, 2.45) is 11.1 Å². The number of hydrogen-bond donors (Lipinski definition) is 1. The van der Waals surface area contributed by atoms with Gasteiger partial charge >= 0.3 is 0 Å². The molecule has 1 aromatic carbocycles. The van der Waals surface area contributed by atoms with E-state index >= 15 is 0 Å². The molecule has 1 heterocycles. The molecule has 0 unspecified atom stereocenters. The molecule has 2 rings (SSSR count). The van der Waals surface area contributed by atoms with Crippen LogP contribution >= 0.6 is 0 Å². The molecule has 0 atom stereocenters. The van der Waals surface area contributed by atoms with Gasteiger partial charge in [0.25, 0.3) is 5.91 Å². The summed E-state index contributed by atoms with van der Waals surface area (Å²) >= 11 is 0. The van der Waals surface area contributed by atoms with Gasteiger partial charge in [-0.1, -0.05) is 31.8 Å². The highest BCUT2D eigenvalue weighted by Gasteiger charge is 2.32. The standard InChI is InChI=1S/C17H22N2O/c1-13-6-7-14(5-4-9-18)11-15(13)16(20)19-10-8-17(2,3)12-19/h6-7,11H,8-10,12,18H2,1-3H3. The Hall–Kier alpha value is -1.79. The van der Waals surface area contributed by atoms with Gasteiger partial charge in [-0.15, -0.1) is 0 Å². The summed E-state index contributed by atoms with van der Waals surface area (Å²) in [6, 6.07) is 5.77. The Morgan fingerprint density at radius 2 is 2.20 bits per heavy atom. The van der Waals surface area contributed by atoms with Gasteiger partial charge in [0.2, 0.25) is 0 Å². The SMILES string of the molecule is Cc1ccc(C#CCN)cc1C(=O)N1CCC(C)(C)C1. The second-order valence-corrected chi connectivity index (χ2v) is 6.18. The van der Waals surface area contributed by atoms with Crippen LogP contribution in [-0.2, 0) is 0 Å². The van der Waals surface area contributed by atoms with Gasteiger partial charge in [0, 0.05) is 24.2 Å². The minimum atomic E-state index is 0.115. The van der Waals surface area contributed by atoms with Crippen LogP contribution in [-0.4, -0.2) is 30.4 Å². The predicted molar refractivity (Wildman–Crippen MR) is 81.4 cm³/mol. The molecule has 0 bridgehead atoms. The maximum Gasteiger partial charge on any atom is 0.254 e. The fraction of sp³-hybridized carbons (Fsp3) is 0.471. The van der Waals surface area contributed by atoms with Gasteiger partial charge in [0.15, 0.2) is 0 Å². The van der Waals surface area contributed by atoms with Crippen molar-refractivity contribution in [3.05, 3.63) is 34.9 Å². The van der Waals surface area contributed by atoms with Crippen LogP contribution in [0.2, 0.25) is 0 Å². The monoisotopic (exact) mass is 270 g/mol. The summed E-state index contributed by atoms with van der Waals surface area (Å²) in [5.74, 6) is 5.93. The van der Waals surface area contributed by atoms with Gasteiger partial charge < -0.3 is 10.6 Å². The molecule has 3 nitrogen and oxygen atoms in total. The molecule has 1 aliphatic rings. The van der Waals surface area contributed by atoms with Gasteiger partial charge in [-0.2, -0.15) is 0 Å². The van der Waals surface area contributed by atoms with Crippen molar-refractivity contribution in [3.63, 3.8) is 0 Å². The largest absolute Gasteiger partial charge is 0.338 e.